The molecule has 1 aliphatic rings. The number of aromatic amines is 1. The van der Waals surface area contributed by atoms with Crippen molar-refractivity contribution in [2.45, 2.75) is 19.6 Å². The maximum absolute atomic E-state index is 12.2. The summed E-state index contributed by atoms with van der Waals surface area (Å²) in [6.07, 6.45) is -0.0778. The highest BCUT2D eigenvalue weighted by atomic mass is 16.5. The third-order valence-electron chi connectivity index (χ3n) is 4.26. The molecule has 2 heterocycles. The second-order valence-electron chi connectivity index (χ2n) is 6.31. The molecule has 6 heteroatoms. The van der Waals surface area contributed by atoms with Crippen molar-refractivity contribution in [3.8, 4) is 0 Å². The summed E-state index contributed by atoms with van der Waals surface area (Å²) in [6, 6.07) is 13.6. The highest BCUT2D eigenvalue weighted by molar-refractivity contribution is 5.93. The quantitative estimate of drug-likeness (QED) is 0.860. The van der Waals surface area contributed by atoms with Crippen LogP contribution in [0.1, 0.15) is 21.6 Å². The van der Waals surface area contributed by atoms with Gasteiger partial charge in [0.2, 0.25) is 0 Å². The van der Waals surface area contributed by atoms with E-state index in [9.17, 15) is 9.59 Å². The van der Waals surface area contributed by atoms with E-state index in [-0.39, 0.29) is 23.1 Å². The number of aryl methyl sites for hydroxylation is 1. The maximum atomic E-state index is 12.2. The van der Waals surface area contributed by atoms with Crippen molar-refractivity contribution < 1.29 is 9.53 Å². The molecule has 1 aliphatic heterocycles. The fourth-order valence-corrected chi connectivity index (χ4v) is 2.94. The summed E-state index contributed by atoms with van der Waals surface area (Å²) in [5, 5.41) is 2.80. The average Bonchev–Trinajstić information content (AvgIpc) is 2.61. The van der Waals surface area contributed by atoms with Crippen LogP contribution in [0.5, 0.6) is 0 Å². The summed E-state index contributed by atoms with van der Waals surface area (Å²) in [4.78, 5) is 29.0. The number of nitrogens with one attached hydrogen (secondary N) is 2. The lowest BCUT2D eigenvalue weighted by molar-refractivity contribution is -0.0292. The summed E-state index contributed by atoms with van der Waals surface area (Å²) in [5.41, 5.74) is 1.75. The molecule has 1 fully saturated rings. The number of carbonyl (C=O) groups is 1. The van der Waals surface area contributed by atoms with Crippen LogP contribution in [0, 0.1) is 6.92 Å². The first kappa shape index (κ1) is 17.4. The van der Waals surface area contributed by atoms with Crippen molar-refractivity contribution in [3.05, 3.63) is 69.6 Å². The van der Waals surface area contributed by atoms with Crippen molar-refractivity contribution >= 4 is 5.91 Å². The summed E-state index contributed by atoms with van der Waals surface area (Å²) >= 11 is 0. The Morgan fingerprint density at radius 3 is 2.84 bits per heavy atom. The minimum atomic E-state index is -0.370. The number of morpholine rings is 1. The number of aromatic nitrogens is 1. The van der Waals surface area contributed by atoms with E-state index in [4.69, 9.17) is 4.74 Å². The summed E-state index contributed by atoms with van der Waals surface area (Å²) in [7, 11) is 0. The van der Waals surface area contributed by atoms with Gasteiger partial charge in [0.05, 0.1) is 12.7 Å². The topological polar surface area (TPSA) is 74.4 Å². The molecule has 0 aliphatic carbocycles. The van der Waals surface area contributed by atoms with E-state index < -0.39 is 0 Å². The van der Waals surface area contributed by atoms with Gasteiger partial charge in [0, 0.05) is 31.9 Å². The van der Waals surface area contributed by atoms with Crippen LogP contribution in [0.2, 0.25) is 0 Å². The van der Waals surface area contributed by atoms with Crippen molar-refractivity contribution in [1.29, 1.82) is 0 Å². The molecular weight excluding hydrogens is 318 g/mol. The zero-order chi connectivity index (χ0) is 17.6. The zero-order valence-corrected chi connectivity index (χ0v) is 14.3. The van der Waals surface area contributed by atoms with E-state index in [1.807, 2.05) is 18.2 Å². The molecule has 1 amide bonds. The van der Waals surface area contributed by atoms with Crippen LogP contribution >= 0.6 is 0 Å². The van der Waals surface area contributed by atoms with Crippen molar-refractivity contribution in [2.24, 2.45) is 0 Å². The summed E-state index contributed by atoms with van der Waals surface area (Å²) < 4.78 is 5.74. The first-order chi connectivity index (χ1) is 12.1. The van der Waals surface area contributed by atoms with Crippen molar-refractivity contribution in [3.63, 3.8) is 0 Å². The largest absolute Gasteiger partial charge is 0.374 e. The lowest BCUT2D eigenvalue weighted by atomic mass is 10.2. The van der Waals surface area contributed by atoms with E-state index in [1.54, 1.807) is 19.1 Å². The van der Waals surface area contributed by atoms with Gasteiger partial charge in [-0.05, 0) is 24.6 Å². The summed E-state index contributed by atoms with van der Waals surface area (Å²) in [6.45, 7) is 5.29. The highest BCUT2D eigenvalue weighted by Crippen LogP contribution is 2.10. The van der Waals surface area contributed by atoms with Crippen LogP contribution in [0.3, 0.4) is 0 Å². The fourth-order valence-electron chi connectivity index (χ4n) is 2.94. The number of pyridine rings is 1. The molecule has 1 aromatic carbocycles. The van der Waals surface area contributed by atoms with E-state index in [0.717, 1.165) is 25.3 Å². The second kappa shape index (κ2) is 8.09. The SMILES string of the molecule is Cc1ccc(C(=O)NCC2CN(Cc3ccccc3)CCO2)c(=O)[nH]1. The predicted molar refractivity (Wildman–Crippen MR) is 95.6 cm³/mol. The number of hydrogen-bond acceptors (Lipinski definition) is 4. The molecule has 132 valence electrons. The van der Waals surface area contributed by atoms with Gasteiger partial charge in [-0.15, -0.1) is 0 Å². The van der Waals surface area contributed by atoms with Crippen molar-refractivity contribution in [1.82, 2.24) is 15.2 Å². The number of rotatable bonds is 5. The van der Waals surface area contributed by atoms with Crippen LogP contribution in [-0.2, 0) is 11.3 Å². The molecule has 3 rings (SSSR count). The lowest BCUT2D eigenvalue weighted by Gasteiger charge is -2.33. The molecular formula is C19H23N3O3. The monoisotopic (exact) mass is 341 g/mol. The number of carbonyl (C=O) groups excluding carboxylic acids is 1. The molecule has 0 spiro atoms. The molecule has 1 atom stereocenters. The van der Waals surface area contributed by atoms with Gasteiger partial charge in [0.15, 0.2) is 0 Å². The van der Waals surface area contributed by atoms with Gasteiger partial charge in [-0.2, -0.15) is 0 Å². The molecule has 1 unspecified atom stereocenters. The van der Waals surface area contributed by atoms with Gasteiger partial charge < -0.3 is 15.0 Å². The third-order valence-corrected chi connectivity index (χ3v) is 4.26. The molecule has 1 aromatic heterocycles. The van der Waals surface area contributed by atoms with Crippen LogP contribution in [0.25, 0.3) is 0 Å². The first-order valence-electron chi connectivity index (χ1n) is 8.48. The standard InChI is InChI=1S/C19H23N3O3/c1-14-7-8-17(19(24)21-14)18(23)20-11-16-13-22(9-10-25-16)12-15-5-3-2-4-6-15/h2-8,16H,9-13H2,1H3,(H,20,23)(H,21,24). The van der Waals surface area contributed by atoms with Crippen LogP contribution in [0.15, 0.2) is 47.3 Å². The Morgan fingerprint density at radius 2 is 2.08 bits per heavy atom. The number of amides is 1. The van der Waals surface area contributed by atoms with Gasteiger partial charge in [0.1, 0.15) is 5.56 Å². The first-order valence-corrected chi connectivity index (χ1v) is 8.48. The van der Waals surface area contributed by atoms with E-state index in [1.165, 1.54) is 5.56 Å². The Hall–Kier alpha value is -2.44. The molecule has 2 aromatic rings. The number of H-pyrrole nitrogens is 1. The molecule has 0 bridgehead atoms. The van der Waals surface area contributed by atoms with E-state index >= 15 is 0 Å². The van der Waals surface area contributed by atoms with Crippen molar-refractivity contribution in [2.75, 3.05) is 26.2 Å². The molecule has 2 N–H and O–H groups in total. The van der Waals surface area contributed by atoms with Gasteiger partial charge in [0.25, 0.3) is 11.5 Å². The molecule has 0 saturated carbocycles. The Morgan fingerprint density at radius 1 is 1.28 bits per heavy atom. The van der Waals surface area contributed by atoms with Gasteiger partial charge >= 0.3 is 0 Å². The average molecular weight is 341 g/mol. The Bertz CT molecular complexity index is 773. The third kappa shape index (κ3) is 4.78. The molecule has 25 heavy (non-hydrogen) atoms. The zero-order valence-electron chi connectivity index (χ0n) is 14.3. The molecule has 6 nitrogen and oxygen atoms in total. The number of benzene rings is 1. The summed E-state index contributed by atoms with van der Waals surface area (Å²) in [5.74, 6) is -0.370. The van der Waals surface area contributed by atoms with Gasteiger partial charge in [-0.25, -0.2) is 0 Å². The number of ether oxygens (including phenoxy) is 1. The Kier molecular flexibility index (Phi) is 5.63. The Labute approximate surface area is 146 Å². The molecule has 0 radical (unpaired) electrons. The van der Waals surface area contributed by atoms with Gasteiger partial charge in [-0.3, -0.25) is 14.5 Å². The highest BCUT2D eigenvalue weighted by Gasteiger charge is 2.21. The van der Waals surface area contributed by atoms with Gasteiger partial charge in [-0.1, -0.05) is 30.3 Å². The minimum absolute atomic E-state index is 0.0778. The Balaban J connectivity index is 1.52. The fraction of sp³-hybridized carbons (Fsp3) is 0.368. The maximum Gasteiger partial charge on any atom is 0.260 e. The normalized spacial score (nSPS) is 18.0. The number of nitrogens with zero attached hydrogens (tertiary/aromatic N) is 1. The second-order valence-corrected chi connectivity index (χ2v) is 6.31. The molecule has 1 saturated heterocycles. The van der Waals surface area contributed by atoms with Crippen LogP contribution < -0.4 is 10.9 Å². The number of hydrogen-bond donors (Lipinski definition) is 2. The predicted octanol–water partition coefficient (Wildman–Crippen LogP) is 1.31. The smallest absolute Gasteiger partial charge is 0.260 e. The lowest BCUT2D eigenvalue weighted by Crippen LogP contribution is -2.47. The van der Waals surface area contributed by atoms with E-state index in [2.05, 4.69) is 27.3 Å². The van der Waals surface area contributed by atoms with Crippen LogP contribution in [-0.4, -0.2) is 48.1 Å². The van der Waals surface area contributed by atoms with Crippen LogP contribution in [0.4, 0.5) is 0 Å². The minimum Gasteiger partial charge on any atom is -0.374 e. The van der Waals surface area contributed by atoms with E-state index in [0.29, 0.717) is 13.2 Å².